The Labute approximate surface area is 187 Å². The van der Waals surface area contributed by atoms with Gasteiger partial charge in [-0.25, -0.2) is 9.78 Å². The number of rotatable bonds is 4. The predicted molar refractivity (Wildman–Crippen MR) is 119 cm³/mol. The van der Waals surface area contributed by atoms with Crippen LogP contribution in [0.3, 0.4) is 0 Å². The van der Waals surface area contributed by atoms with Crippen molar-refractivity contribution >= 4 is 29.7 Å². The predicted octanol–water partition coefficient (Wildman–Crippen LogP) is 4.47. The van der Waals surface area contributed by atoms with Crippen LogP contribution in [0.2, 0.25) is 5.02 Å². The van der Waals surface area contributed by atoms with Crippen LogP contribution in [0.15, 0.2) is 30.3 Å². The maximum Gasteiger partial charge on any atom is 0.356 e. The molecule has 1 aliphatic heterocycles. The van der Waals surface area contributed by atoms with Gasteiger partial charge >= 0.3 is 5.97 Å². The lowest BCUT2D eigenvalue weighted by Gasteiger charge is -2.38. The Kier molecular flexibility index (Phi) is 6.76. The van der Waals surface area contributed by atoms with Crippen LogP contribution in [0.5, 0.6) is 5.75 Å². The second kappa shape index (κ2) is 9.69. The van der Waals surface area contributed by atoms with Crippen molar-refractivity contribution in [3.8, 4) is 5.75 Å². The smallest absolute Gasteiger partial charge is 0.356 e. The van der Waals surface area contributed by atoms with Crippen molar-refractivity contribution in [1.82, 2.24) is 4.98 Å². The standard InChI is InChI=1S/C24H27ClN2O4/c1-30-24(29)21-9-10-22-23(26-21)27(13-17-5-6-18(17)14-28)11-3-2-4-16-12-20(25)8-7-19(16)15-31-22/h7-10,12,14,17-18H,2-6,11,13,15H2,1H3/t17-,18-/m0/s1. The molecule has 2 heterocycles. The van der Waals surface area contributed by atoms with E-state index in [1.165, 1.54) is 12.7 Å². The third kappa shape index (κ3) is 4.85. The number of pyridine rings is 1. The van der Waals surface area contributed by atoms with E-state index in [9.17, 15) is 9.59 Å². The quantitative estimate of drug-likeness (QED) is 0.514. The number of hydrogen-bond donors (Lipinski definition) is 0. The molecule has 6 nitrogen and oxygen atoms in total. The number of halogens is 1. The second-order valence-electron chi connectivity index (χ2n) is 8.25. The number of carbonyl (C=O) groups is 2. The van der Waals surface area contributed by atoms with E-state index in [0.29, 0.717) is 24.1 Å². The molecule has 0 unspecified atom stereocenters. The van der Waals surface area contributed by atoms with Gasteiger partial charge in [0.1, 0.15) is 12.9 Å². The lowest BCUT2D eigenvalue weighted by molar-refractivity contribution is -0.115. The fourth-order valence-electron chi connectivity index (χ4n) is 4.30. The zero-order valence-corrected chi connectivity index (χ0v) is 18.4. The van der Waals surface area contributed by atoms with E-state index < -0.39 is 5.97 Å². The third-order valence-corrected chi connectivity index (χ3v) is 6.55. The van der Waals surface area contributed by atoms with Gasteiger partial charge in [0.15, 0.2) is 17.3 Å². The summed E-state index contributed by atoms with van der Waals surface area (Å²) in [5.74, 6) is 1.17. The summed E-state index contributed by atoms with van der Waals surface area (Å²) in [6, 6.07) is 9.31. The number of methoxy groups -OCH3 is 1. The minimum Gasteiger partial charge on any atom is -0.485 e. The number of esters is 1. The highest BCUT2D eigenvalue weighted by atomic mass is 35.5. The summed E-state index contributed by atoms with van der Waals surface area (Å²) >= 11 is 6.22. The molecule has 1 aromatic heterocycles. The van der Waals surface area contributed by atoms with Gasteiger partial charge in [-0.2, -0.15) is 0 Å². The van der Waals surface area contributed by atoms with Crippen LogP contribution in [0, 0.1) is 11.8 Å². The molecule has 31 heavy (non-hydrogen) atoms. The molecule has 4 rings (SSSR count). The van der Waals surface area contributed by atoms with Crippen molar-refractivity contribution in [3.63, 3.8) is 0 Å². The van der Waals surface area contributed by atoms with Crippen LogP contribution in [0.25, 0.3) is 0 Å². The summed E-state index contributed by atoms with van der Waals surface area (Å²) in [6.07, 6.45) is 5.90. The number of anilines is 1. The molecule has 0 bridgehead atoms. The molecule has 1 aliphatic carbocycles. The first kappa shape index (κ1) is 21.6. The molecule has 0 spiro atoms. The summed E-state index contributed by atoms with van der Waals surface area (Å²) in [5, 5.41) is 0.727. The number of ether oxygens (including phenoxy) is 2. The molecule has 164 valence electrons. The third-order valence-electron chi connectivity index (χ3n) is 6.31. The van der Waals surface area contributed by atoms with E-state index >= 15 is 0 Å². The molecule has 1 saturated carbocycles. The minimum atomic E-state index is -0.480. The van der Waals surface area contributed by atoms with Gasteiger partial charge in [0, 0.05) is 24.0 Å². The number of nitrogens with zero attached hydrogens (tertiary/aromatic N) is 2. The van der Waals surface area contributed by atoms with E-state index in [4.69, 9.17) is 21.1 Å². The molecule has 2 atom stereocenters. The average Bonchev–Trinajstić information content (AvgIpc) is 2.79. The van der Waals surface area contributed by atoms with Crippen LogP contribution < -0.4 is 9.64 Å². The van der Waals surface area contributed by atoms with Gasteiger partial charge in [-0.1, -0.05) is 17.7 Å². The molecule has 0 N–H and O–H groups in total. The zero-order chi connectivity index (χ0) is 21.8. The Hall–Kier alpha value is -2.60. The number of benzene rings is 1. The Morgan fingerprint density at radius 2 is 2.13 bits per heavy atom. The van der Waals surface area contributed by atoms with Crippen molar-refractivity contribution in [2.45, 2.75) is 38.7 Å². The lowest BCUT2D eigenvalue weighted by atomic mass is 9.74. The van der Waals surface area contributed by atoms with Crippen molar-refractivity contribution in [2.75, 3.05) is 25.1 Å². The first-order valence-corrected chi connectivity index (χ1v) is 11.2. The van der Waals surface area contributed by atoms with Gasteiger partial charge in [0.25, 0.3) is 0 Å². The Morgan fingerprint density at radius 1 is 1.26 bits per heavy atom. The van der Waals surface area contributed by atoms with Gasteiger partial charge < -0.3 is 19.2 Å². The first-order valence-electron chi connectivity index (χ1n) is 10.8. The van der Waals surface area contributed by atoms with Crippen LogP contribution in [-0.4, -0.2) is 37.4 Å². The van der Waals surface area contributed by atoms with Gasteiger partial charge in [-0.15, -0.1) is 0 Å². The van der Waals surface area contributed by atoms with Gasteiger partial charge in [-0.05, 0) is 73.4 Å². The van der Waals surface area contributed by atoms with E-state index in [1.54, 1.807) is 12.1 Å². The van der Waals surface area contributed by atoms with Gasteiger partial charge in [0.2, 0.25) is 0 Å². The normalized spacial score (nSPS) is 20.9. The molecule has 0 amide bonds. The highest BCUT2D eigenvalue weighted by Crippen LogP contribution is 2.36. The summed E-state index contributed by atoms with van der Waals surface area (Å²) in [4.78, 5) is 30.3. The zero-order valence-electron chi connectivity index (χ0n) is 17.7. The van der Waals surface area contributed by atoms with Crippen LogP contribution in [0.4, 0.5) is 5.82 Å². The molecule has 1 fully saturated rings. The molecular formula is C24H27ClN2O4. The highest BCUT2D eigenvalue weighted by molar-refractivity contribution is 6.30. The summed E-state index contributed by atoms with van der Waals surface area (Å²) in [5.41, 5.74) is 2.54. The Bertz CT molecular complexity index is 965. The SMILES string of the molecule is COC(=O)c1ccc2c(n1)N(C[C@@H]1CC[C@H]1C=O)CCCCc1cc(Cl)ccc1CO2. The number of aryl methyl sites for hydroxylation is 1. The molecule has 0 radical (unpaired) electrons. The average molecular weight is 443 g/mol. The van der Waals surface area contributed by atoms with E-state index in [2.05, 4.69) is 9.88 Å². The Morgan fingerprint density at radius 3 is 2.87 bits per heavy atom. The van der Waals surface area contributed by atoms with E-state index in [-0.39, 0.29) is 11.6 Å². The van der Waals surface area contributed by atoms with Crippen molar-refractivity contribution in [2.24, 2.45) is 11.8 Å². The molecular weight excluding hydrogens is 416 g/mol. The minimum absolute atomic E-state index is 0.0951. The van der Waals surface area contributed by atoms with Gasteiger partial charge in [-0.3, -0.25) is 0 Å². The Balaban J connectivity index is 1.68. The van der Waals surface area contributed by atoms with Crippen LogP contribution >= 0.6 is 11.6 Å². The summed E-state index contributed by atoms with van der Waals surface area (Å²) in [6.45, 7) is 1.88. The fourth-order valence-corrected chi connectivity index (χ4v) is 4.50. The van der Waals surface area contributed by atoms with Gasteiger partial charge in [0.05, 0.1) is 7.11 Å². The van der Waals surface area contributed by atoms with E-state index in [0.717, 1.165) is 62.1 Å². The number of aldehydes is 1. The van der Waals surface area contributed by atoms with Crippen LogP contribution in [-0.2, 0) is 22.6 Å². The molecule has 2 aromatic rings. The largest absolute Gasteiger partial charge is 0.485 e. The molecule has 1 aromatic carbocycles. The van der Waals surface area contributed by atoms with Crippen LogP contribution in [0.1, 0.15) is 47.3 Å². The first-order chi connectivity index (χ1) is 15.1. The summed E-state index contributed by atoms with van der Waals surface area (Å²) in [7, 11) is 1.35. The number of hydrogen-bond acceptors (Lipinski definition) is 6. The van der Waals surface area contributed by atoms with Crippen molar-refractivity contribution in [3.05, 3.63) is 52.2 Å². The van der Waals surface area contributed by atoms with Crippen molar-refractivity contribution < 1.29 is 19.1 Å². The number of carbonyl (C=O) groups excluding carboxylic acids is 2. The number of aromatic nitrogens is 1. The van der Waals surface area contributed by atoms with E-state index in [1.807, 2.05) is 18.2 Å². The maximum absolute atomic E-state index is 12.1. The molecule has 2 aliphatic rings. The number of fused-ring (bicyclic) bond motifs is 2. The molecule has 7 heteroatoms. The second-order valence-corrected chi connectivity index (χ2v) is 8.69. The maximum atomic E-state index is 12.1. The monoisotopic (exact) mass is 442 g/mol. The topological polar surface area (TPSA) is 68.7 Å². The highest BCUT2D eigenvalue weighted by Gasteiger charge is 2.33. The lowest BCUT2D eigenvalue weighted by Crippen LogP contribution is -2.40. The fraction of sp³-hybridized carbons (Fsp3) is 0.458. The molecule has 0 saturated heterocycles. The summed E-state index contributed by atoms with van der Waals surface area (Å²) < 4.78 is 11.1. The van der Waals surface area contributed by atoms with Crippen molar-refractivity contribution in [1.29, 1.82) is 0 Å².